The van der Waals surface area contributed by atoms with Gasteiger partial charge in [-0.3, -0.25) is 9.59 Å². The van der Waals surface area contributed by atoms with Gasteiger partial charge in [0.1, 0.15) is 6.04 Å². The lowest BCUT2D eigenvalue weighted by Crippen LogP contribution is -2.47. The number of benzene rings is 2. The molecule has 0 spiro atoms. The first-order chi connectivity index (χ1) is 11.5. The fraction of sp³-hybridized carbons (Fsp3) is 0.263. The average molecular weight is 345 g/mol. The first kappa shape index (κ1) is 18.0. The van der Waals surface area contributed by atoms with Crippen LogP contribution in [0.5, 0.6) is 0 Å². The lowest BCUT2D eigenvalue weighted by molar-refractivity contribution is -0.119. The summed E-state index contributed by atoms with van der Waals surface area (Å²) in [6.45, 7) is 3.93. The Bertz CT molecular complexity index is 686. The summed E-state index contributed by atoms with van der Waals surface area (Å²) in [5, 5.41) is 6.27. The first-order valence-electron chi connectivity index (χ1n) is 7.93. The second kappa shape index (κ2) is 8.50. The van der Waals surface area contributed by atoms with Crippen LogP contribution in [0.25, 0.3) is 0 Å². The van der Waals surface area contributed by atoms with Crippen molar-refractivity contribution in [2.75, 3.05) is 5.32 Å². The van der Waals surface area contributed by atoms with Crippen molar-refractivity contribution in [1.29, 1.82) is 0 Å². The molecule has 0 saturated carbocycles. The summed E-state index contributed by atoms with van der Waals surface area (Å²) in [5.41, 5.74) is 1.18. The number of amides is 2. The third-order valence-electron chi connectivity index (χ3n) is 3.93. The van der Waals surface area contributed by atoms with E-state index >= 15 is 0 Å². The fourth-order valence-corrected chi connectivity index (χ4v) is 2.40. The van der Waals surface area contributed by atoms with E-state index in [1.165, 1.54) is 0 Å². The first-order valence-corrected chi connectivity index (χ1v) is 8.31. The highest BCUT2D eigenvalue weighted by Crippen LogP contribution is 2.16. The van der Waals surface area contributed by atoms with Crippen molar-refractivity contribution in [1.82, 2.24) is 5.32 Å². The van der Waals surface area contributed by atoms with Crippen molar-refractivity contribution in [2.45, 2.75) is 26.3 Å². The molecule has 2 amide bonds. The van der Waals surface area contributed by atoms with Crippen LogP contribution in [0.4, 0.5) is 5.69 Å². The van der Waals surface area contributed by atoms with Gasteiger partial charge in [-0.25, -0.2) is 0 Å². The minimum atomic E-state index is -0.613. The molecule has 24 heavy (non-hydrogen) atoms. The van der Waals surface area contributed by atoms with E-state index in [-0.39, 0.29) is 17.7 Å². The molecule has 0 aliphatic rings. The summed E-state index contributed by atoms with van der Waals surface area (Å²) < 4.78 is 0. The van der Waals surface area contributed by atoms with Crippen LogP contribution in [0, 0.1) is 5.92 Å². The van der Waals surface area contributed by atoms with Gasteiger partial charge < -0.3 is 10.6 Å². The van der Waals surface area contributed by atoms with Gasteiger partial charge in [0.05, 0.1) is 0 Å². The summed E-state index contributed by atoms with van der Waals surface area (Å²) in [7, 11) is 0. The van der Waals surface area contributed by atoms with E-state index in [1.54, 1.807) is 48.5 Å². The van der Waals surface area contributed by atoms with Crippen molar-refractivity contribution < 1.29 is 9.59 Å². The Morgan fingerprint density at radius 3 is 2.25 bits per heavy atom. The van der Waals surface area contributed by atoms with Crippen molar-refractivity contribution in [3.8, 4) is 0 Å². The second-order valence-electron chi connectivity index (χ2n) is 5.70. The largest absolute Gasteiger partial charge is 0.340 e. The number of hydrogen-bond acceptors (Lipinski definition) is 2. The maximum atomic E-state index is 12.6. The van der Waals surface area contributed by atoms with Crippen LogP contribution in [0.3, 0.4) is 0 Å². The van der Waals surface area contributed by atoms with Gasteiger partial charge in [0, 0.05) is 16.3 Å². The molecule has 0 aliphatic carbocycles. The number of halogens is 1. The Morgan fingerprint density at radius 1 is 1.04 bits per heavy atom. The Morgan fingerprint density at radius 2 is 1.67 bits per heavy atom. The molecule has 0 heterocycles. The Kier molecular flexibility index (Phi) is 6.38. The molecule has 0 fully saturated rings. The summed E-state index contributed by atoms with van der Waals surface area (Å²) in [6.07, 6.45) is 0.772. The highest BCUT2D eigenvalue weighted by Gasteiger charge is 2.26. The lowest BCUT2D eigenvalue weighted by Gasteiger charge is -2.23. The lowest BCUT2D eigenvalue weighted by atomic mass is 9.97. The standard InChI is InChI=1S/C19H21ClN2O2/c1-3-13(2)17(22-18(23)14-7-5-4-6-8-14)19(24)21-16-11-9-15(20)10-12-16/h4-13,17H,3H2,1-2H3,(H,21,24)(H,22,23)/t13-,17-/m0/s1. The van der Waals surface area contributed by atoms with Gasteiger partial charge in [-0.15, -0.1) is 0 Å². The normalized spacial score (nSPS) is 13.0. The molecule has 0 unspecified atom stereocenters. The molecule has 0 radical (unpaired) electrons. The van der Waals surface area contributed by atoms with E-state index in [0.29, 0.717) is 16.3 Å². The molecule has 2 aromatic rings. The van der Waals surface area contributed by atoms with Gasteiger partial charge in [0.2, 0.25) is 5.91 Å². The number of carbonyl (C=O) groups excluding carboxylic acids is 2. The maximum Gasteiger partial charge on any atom is 0.251 e. The van der Waals surface area contributed by atoms with Crippen molar-refractivity contribution in [2.24, 2.45) is 5.92 Å². The smallest absolute Gasteiger partial charge is 0.251 e. The molecular weight excluding hydrogens is 324 g/mol. The molecular formula is C19H21ClN2O2. The summed E-state index contributed by atoms with van der Waals surface area (Å²) in [5.74, 6) is -0.493. The van der Waals surface area contributed by atoms with Crippen LogP contribution in [-0.4, -0.2) is 17.9 Å². The van der Waals surface area contributed by atoms with E-state index < -0.39 is 6.04 Å². The van der Waals surface area contributed by atoms with Gasteiger partial charge in [0.25, 0.3) is 5.91 Å². The van der Waals surface area contributed by atoms with Crippen LogP contribution in [0.1, 0.15) is 30.6 Å². The van der Waals surface area contributed by atoms with Crippen molar-refractivity contribution >= 4 is 29.1 Å². The average Bonchev–Trinajstić information content (AvgIpc) is 2.61. The summed E-state index contributed by atoms with van der Waals surface area (Å²) >= 11 is 5.85. The molecule has 2 aromatic carbocycles. The van der Waals surface area contributed by atoms with Gasteiger partial charge in [-0.1, -0.05) is 50.1 Å². The number of nitrogens with one attached hydrogen (secondary N) is 2. The Hall–Kier alpha value is -2.33. The minimum absolute atomic E-state index is 0.00459. The molecule has 126 valence electrons. The van der Waals surface area contributed by atoms with Gasteiger partial charge >= 0.3 is 0 Å². The summed E-state index contributed by atoms with van der Waals surface area (Å²) in [6, 6.07) is 15.1. The van der Waals surface area contributed by atoms with Gasteiger partial charge in [-0.2, -0.15) is 0 Å². The van der Waals surface area contributed by atoms with Crippen LogP contribution in [0.2, 0.25) is 5.02 Å². The topological polar surface area (TPSA) is 58.2 Å². The molecule has 5 heteroatoms. The van der Waals surface area contributed by atoms with E-state index in [1.807, 2.05) is 19.9 Å². The predicted molar refractivity (Wildman–Crippen MR) is 97.2 cm³/mol. The van der Waals surface area contributed by atoms with Gasteiger partial charge in [-0.05, 0) is 42.3 Å². The molecule has 4 nitrogen and oxygen atoms in total. The molecule has 2 atom stereocenters. The zero-order chi connectivity index (χ0) is 17.5. The Labute approximate surface area is 147 Å². The van der Waals surface area contributed by atoms with E-state index in [9.17, 15) is 9.59 Å². The van der Waals surface area contributed by atoms with Crippen molar-refractivity contribution in [3.05, 3.63) is 65.2 Å². The van der Waals surface area contributed by atoms with Crippen LogP contribution in [0.15, 0.2) is 54.6 Å². The molecule has 2 rings (SSSR count). The number of hydrogen-bond donors (Lipinski definition) is 2. The molecule has 0 saturated heterocycles. The van der Waals surface area contributed by atoms with Crippen LogP contribution < -0.4 is 10.6 Å². The van der Waals surface area contributed by atoms with E-state index in [4.69, 9.17) is 11.6 Å². The summed E-state index contributed by atoms with van der Waals surface area (Å²) in [4.78, 5) is 25.0. The number of carbonyl (C=O) groups is 2. The molecule has 0 aromatic heterocycles. The molecule has 0 aliphatic heterocycles. The third-order valence-corrected chi connectivity index (χ3v) is 4.18. The van der Waals surface area contributed by atoms with Crippen LogP contribution in [-0.2, 0) is 4.79 Å². The van der Waals surface area contributed by atoms with E-state index in [0.717, 1.165) is 6.42 Å². The van der Waals surface area contributed by atoms with Crippen molar-refractivity contribution in [3.63, 3.8) is 0 Å². The highest BCUT2D eigenvalue weighted by molar-refractivity contribution is 6.30. The minimum Gasteiger partial charge on any atom is -0.340 e. The number of anilines is 1. The second-order valence-corrected chi connectivity index (χ2v) is 6.14. The molecule has 0 bridgehead atoms. The zero-order valence-electron chi connectivity index (χ0n) is 13.8. The van der Waals surface area contributed by atoms with Gasteiger partial charge in [0.15, 0.2) is 0 Å². The van der Waals surface area contributed by atoms with E-state index in [2.05, 4.69) is 10.6 Å². The quantitative estimate of drug-likeness (QED) is 0.828. The SMILES string of the molecule is CC[C@H](C)[C@H](NC(=O)c1ccccc1)C(=O)Nc1ccc(Cl)cc1. The maximum absolute atomic E-state index is 12.6. The van der Waals surface area contributed by atoms with Crippen LogP contribution >= 0.6 is 11.6 Å². The molecule has 2 N–H and O–H groups in total. The predicted octanol–water partition coefficient (Wildman–Crippen LogP) is 4.12. The Balaban J connectivity index is 2.11. The monoisotopic (exact) mass is 344 g/mol. The number of rotatable bonds is 6. The third kappa shape index (κ3) is 4.83. The fourth-order valence-electron chi connectivity index (χ4n) is 2.27. The highest BCUT2D eigenvalue weighted by atomic mass is 35.5. The zero-order valence-corrected chi connectivity index (χ0v) is 14.5.